The van der Waals surface area contributed by atoms with E-state index in [1.807, 2.05) is 23.1 Å². The molecule has 2 atom stereocenters. The second kappa shape index (κ2) is 7.19. The molecule has 2 unspecified atom stereocenters. The highest BCUT2D eigenvalue weighted by atomic mass is 32.1. The standard InChI is InChI=1S/C20H23N3O2S/c21-18(24)13-9-11-23(12-10-13)20(25)15-6-2-1-5-14(15)19-22-16-7-3-4-8-17(16)26-19/h1-4,7-8,13-15H,5-6,9-12H2,(H2,21,24). The van der Waals surface area contributed by atoms with Gasteiger partial charge in [-0.3, -0.25) is 9.59 Å². The fraction of sp³-hybridized carbons (Fsp3) is 0.450. The van der Waals surface area contributed by atoms with E-state index in [1.165, 1.54) is 4.70 Å². The lowest BCUT2D eigenvalue weighted by atomic mass is 9.81. The molecular weight excluding hydrogens is 346 g/mol. The molecule has 0 bridgehead atoms. The van der Waals surface area contributed by atoms with Crippen molar-refractivity contribution >= 4 is 33.4 Å². The largest absolute Gasteiger partial charge is 0.369 e. The maximum Gasteiger partial charge on any atom is 0.226 e. The van der Waals surface area contributed by atoms with Crippen molar-refractivity contribution in [2.24, 2.45) is 17.6 Å². The summed E-state index contributed by atoms with van der Waals surface area (Å²) in [5.74, 6) is -0.0682. The van der Waals surface area contributed by atoms with Crippen molar-refractivity contribution in [3.05, 3.63) is 41.4 Å². The van der Waals surface area contributed by atoms with Crippen LogP contribution in [0.3, 0.4) is 0 Å². The van der Waals surface area contributed by atoms with Crippen LogP contribution >= 0.6 is 11.3 Å². The molecule has 1 aliphatic heterocycles. The Balaban J connectivity index is 1.53. The number of hydrogen-bond donors (Lipinski definition) is 1. The number of thiazole rings is 1. The number of para-hydroxylation sites is 1. The van der Waals surface area contributed by atoms with Crippen LogP contribution in [0.1, 0.15) is 36.6 Å². The SMILES string of the molecule is NC(=O)C1CCN(C(=O)C2CC=CCC2c2nc3ccccc3s2)CC1. The Morgan fingerprint density at radius 3 is 2.58 bits per heavy atom. The van der Waals surface area contributed by atoms with Gasteiger partial charge in [-0.2, -0.15) is 0 Å². The molecule has 2 aliphatic rings. The molecule has 1 saturated heterocycles. The number of allylic oxidation sites excluding steroid dienone is 2. The number of nitrogens with zero attached hydrogens (tertiary/aromatic N) is 2. The minimum Gasteiger partial charge on any atom is -0.369 e. The van der Waals surface area contributed by atoms with E-state index < -0.39 is 0 Å². The molecule has 2 heterocycles. The van der Waals surface area contributed by atoms with Crippen LogP contribution in [-0.4, -0.2) is 34.8 Å². The number of carbonyl (C=O) groups excluding carboxylic acids is 2. The number of piperidine rings is 1. The number of aromatic nitrogens is 1. The molecule has 2 N–H and O–H groups in total. The molecule has 1 aromatic carbocycles. The van der Waals surface area contributed by atoms with Crippen molar-refractivity contribution in [1.82, 2.24) is 9.88 Å². The van der Waals surface area contributed by atoms with Gasteiger partial charge in [0.1, 0.15) is 0 Å². The molecule has 1 aromatic heterocycles. The highest BCUT2D eigenvalue weighted by molar-refractivity contribution is 7.18. The summed E-state index contributed by atoms with van der Waals surface area (Å²) in [6.45, 7) is 1.25. The summed E-state index contributed by atoms with van der Waals surface area (Å²) in [5.41, 5.74) is 6.42. The van der Waals surface area contributed by atoms with E-state index in [0.717, 1.165) is 23.4 Å². The predicted octanol–water partition coefficient (Wildman–Crippen LogP) is 3.07. The summed E-state index contributed by atoms with van der Waals surface area (Å²) in [5, 5.41) is 1.06. The van der Waals surface area contributed by atoms with E-state index in [4.69, 9.17) is 10.7 Å². The summed E-state index contributed by atoms with van der Waals surface area (Å²) >= 11 is 1.70. The number of hydrogen-bond acceptors (Lipinski definition) is 4. The first-order valence-corrected chi connectivity index (χ1v) is 10.0. The van der Waals surface area contributed by atoms with Gasteiger partial charge in [0.2, 0.25) is 11.8 Å². The molecule has 6 heteroatoms. The number of primary amides is 1. The van der Waals surface area contributed by atoms with Gasteiger partial charge in [0.25, 0.3) is 0 Å². The molecule has 2 aromatic rings. The van der Waals surface area contributed by atoms with Crippen molar-refractivity contribution in [1.29, 1.82) is 0 Å². The van der Waals surface area contributed by atoms with Gasteiger partial charge in [0, 0.05) is 24.9 Å². The van der Waals surface area contributed by atoms with Crippen LogP contribution in [0.5, 0.6) is 0 Å². The number of nitrogens with two attached hydrogens (primary N) is 1. The van der Waals surface area contributed by atoms with Crippen molar-refractivity contribution < 1.29 is 9.59 Å². The highest BCUT2D eigenvalue weighted by Crippen LogP contribution is 2.39. The van der Waals surface area contributed by atoms with Crippen LogP contribution < -0.4 is 5.73 Å². The first-order chi connectivity index (χ1) is 12.6. The fourth-order valence-corrected chi connectivity index (χ4v) is 5.17. The monoisotopic (exact) mass is 369 g/mol. The van der Waals surface area contributed by atoms with Crippen LogP contribution in [0.4, 0.5) is 0 Å². The minimum atomic E-state index is -0.245. The number of likely N-dealkylation sites (tertiary alicyclic amines) is 1. The fourth-order valence-electron chi connectivity index (χ4n) is 4.03. The number of carbonyl (C=O) groups is 2. The van der Waals surface area contributed by atoms with Gasteiger partial charge in [-0.15, -0.1) is 11.3 Å². The van der Waals surface area contributed by atoms with Crippen LogP contribution in [0, 0.1) is 11.8 Å². The average molecular weight is 369 g/mol. The Bertz CT molecular complexity index is 819. The van der Waals surface area contributed by atoms with Gasteiger partial charge in [0.05, 0.1) is 21.1 Å². The Kier molecular flexibility index (Phi) is 4.76. The molecule has 4 rings (SSSR count). The molecule has 26 heavy (non-hydrogen) atoms. The maximum absolute atomic E-state index is 13.2. The lowest BCUT2D eigenvalue weighted by Crippen LogP contribution is -2.45. The van der Waals surface area contributed by atoms with E-state index in [1.54, 1.807) is 11.3 Å². The van der Waals surface area contributed by atoms with Gasteiger partial charge >= 0.3 is 0 Å². The van der Waals surface area contributed by atoms with Crippen molar-refractivity contribution in [2.75, 3.05) is 13.1 Å². The lowest BCUT2D eigenvalue weighted by Gasteiger charge is -2.35. The van der Waals surface area contributed by atoms with Gasteiger partial charge in [0.15, 0.2) is 0 Å². The van der Waals surface area contributed by atoms with Crippen molar-refractivity contribution in [3.63, 3.8) is 0 Å². The first-order valence-electron chi connectivity index (χ1n) is 9.22. The minimum absolute atomic E-state index is 0.0642. The van der Waals surface area contributed by atoms with E-state index in [2.05, 4.69) is 18.2 Å². The molecule has 0 radical (unpaired) electrons. The second-order valence-electron chi connectivity index (χ2n) is 7.18. The molecule has 5 nitrogen and oxygen atoms in total. The third-order valence-electron chi connectivity index (χ3n) is 5.59. The Hall–Kier alpha value is -2.21. The van der Waals surface area contributed by atoms with E-state index in [-0.39, 0.29) is 29.6 Å². The van der Waals surface area contributed by atoms with Crippen molar-refractivity contribution in [3.8, 4) is 0 Å². The molecule has 2 amide bonds. The zero-order chi connectivity index (χ0) is 18.1. The van der Waals surface area contributed by atoms with Crippen LogP contribution in [0.15, 0.2) is 36.4 Å². The number of benzene rings is 1. The Labute approximate surface area is 156 Å². The number of rotatable bonds is 3. The van der Waals surface area contributed by atoms with Gasteiger partial charge in [-0.1, -0.05) is 24.3 Å². The summed E-state index contributed by atoms with van der Waals surface area (Å²) < 4.78 is 1.17. The van der Waals surface area contributed by atoms with E-state index >= 15 is 0 Å². The average Bonchev–Trinajstić information content (AvgIpc) is 3.11. The van der Waals surface area contributed by atoms with Crippen molar-refractivity contribution in [2.45, 2.75) is 31.6 Å². The van der Waals surface area contributed by atoms with Crippen LogP contribution in [0.2, 0.25) is 0 Å². The molecule has 1 aliphatic carbocycles. The number of amides is 2. The zero-order valence-electron chi connectivity index (χ0n) is 14.6. The smallest absolute Gasteiger partial charge is 0.226 e. The molecular formula is C20H23N3O2S. The predicted molar refractivity (Wildman–Crippen MR) is 103 cm³/mol. The number of fused-ring (bicyclic) bond motifs is 1. The van der Waals surface area contributed by atoms with Gasteiger partial charge in [-0.05, 0) is 37.8 Å². The summed E-state index contributed by atoms with van der Waals surface area (Å²) in [6, 6.07) is 8.13. The summed E-state index contributed by atoms with van der Waals surface area (Å²) in [6.07, 6.45) is 7.25. The molecule has 136 valence electrons. The third kappa shape index (κ3) is 3.26. The highest BCUT2D eigenvalue weighted by Gasteiger charge is 2.36. The zero-order valence-corrected chi connectivity index (χ0v) is 15.5. The maximum atomic E-state index is 13.2. The van der Waals surface area contributed by atoms with Gasteiger partial charge in [-0.25, -0.2) is 4.98 Å². The lowest BCUT2D eigenvalue weighted by molar-refractivity contribution is -0.139. The quantitative estimate of drug-likeness (QED) is 0.845. The van der Waals surface area contributed by atoms with Gasteiger partial charge < -0.3 is 10.6 Å². The molecule has 0 spiro atoms. The summed E-state index contributed by atoms with van der Waals surface area (Å²) in [7, 11) is 0. The molecule has 0 saturated carbocycles. The molecule has 1 fully saturated rings. The van der Waals surface area contributed by atoms with E-state index in [9.17, 15) is 9.59 Å². The van der Waals surface area contributed by atoms with Crippen LogP contribution in [0.25, 0.3) is 10.2 Å². The Morgan fingerprint density at radius 1 is 1.12 bits per heavy atom. The van der Waals surface area contributed by atoms with Crippen LogP contribution in [-0.2, 0) is 9.59 Å². The normalized spacial score (nSPS) is 24.1. The Morgan fingerprint density at radius 2 is 1.85 bits per heavy atom. The topological polar surface area (TPSA) is 76.3 Å². The summed E-state index contributed by atoms with van der Waals surface area (Å²) in [4.78, 5) is 31.3. The second-order valence-corrected chi connectivity index (χ2v) is 8.24. The third-order valence-corrected chi connectivity index (χ3v) is 6.75. The first kappa shape index (κ1) is 17.2. The van der Waals surface area contributed by atoms with E-state index in [0.29, 0.717) is 25.9 Å².